The van der Waals surface area contributed by atoms with Gasteiger partial charge in [0.05, 0.1) is 50.3 Å². The van der Waals surface area contributed by atoms with E-state index in [0.29, 0.717) is 30.2 Å². The molecule has 3 N–H and O–H groups in total. The number of nitrogens with zero attached hydrogens (tertiary/aromatic N) is 2. The van der Waals surface area contributed by atoms with Crippen molar-refractivity contribution in [1.82, 2.24) is 14.9 Å². The maximum absolute atomic E-state index is 11.3. The molecule has 0 aliphatic carbocycles. The highest BCUT2D eigenvalue weighted by molar-refractivity contribution is 5.80. The van der Waals surface area contributed by atoms with Crippen molar-refractivity contribution in [3.63, 3.8) is 0 Å². The van der Waals surface area contributed by atoms with Gasteiger partial charge in [-0.15, -0.1) is 0 Å². The first-order chi connectivity index (χ1) is 15.1. The summed E-state index contributed by atoms with van der Waals surface area (Å²) in [6, 6.07) is 9.85. The Hall–Kier alpha value is -2.85. The van der Waals surface area contributed by atoms with Gasteiger partial charge < -0.3 is 39.0 Å². The SMILES string of the molecule is COc1cc2ncn([C@H]3[C@@H]4OC[C@@H](O4)[C@@H](NCc4ccccc4O)[C@@H]3O)c2cc1OC. The summed E-state index contributed by atoms with van der Waals surface area (Å²) in [7, 11) is 3.15. The molecule has 3 heterocycles. The summed E-state index contributed by atoms with van der Waals surface area (Å²) in [6.45, 7) is 0.766. The largest absolute Gasteiger partial charge is 0.508 e. The maximum atomic E-state index is 11.3. The molecule has 31 heavy (non-hydrogen) atoms. The molecular formula is C22H25N3O6. The number of para-hydroxylation sites is 1. The lowest BCUT2D eigenvalue weighted by Gasteiger charge is -2.39. The molecule has 9 heteroatoms. The van der Waals surface area contributed by atoms with Crippen LogP contribution in [0.25, 0.3) is 11.0 Å². The van der Waals surface area contributed by atoms with Gasteiger partial charge in [-0.05, 0) is 6.07 Å². The fourth-order valence-electron chi connectivity index (χ4n) is 4.43. The Morgan fingerprint density at radius 2 is 1.97 bits per heavy atom. The van der Waals surface area contributed by atoms with Crippen molar-refractivity contribution in [1.29, 1.82) is 0 Å². The third-order valence-electron chi connectivity index (χ3n) is 6.05. The Bertz CT molecular complexity index is 1090. The van der Waals surface area contributed by atoms with Gasteiger partial charge in [-0.1, -0.05) is 18.2 Å². The molecule has 0 saturated carbocycles. The van der Waals surface area contributed by atoms with Crippen molar-refractivity contribution < 1.29 is 29.2 Å². The number of aromatic hydroxyl groups is 1. The van der Waals surface area contributed by atoms with Crippen molar-refractivity contribution in [2.75, 3.05) is 20.8 Å². The number of benzene rings is 2. The van der Waals surface area contributed by atoms with E-state index >= 15 is 0 Å². The van der Waals surface area contributed by atoms with E-state index in [-0.39, 0.29) is 17.9 Å². The molecule has 2 saturated heterocycles. The fourth-order valence-corrected chi connectivity index (χ4v) is 4.43. The third kappa shape index (κ3) is 3.39. The van der Waals surface area contributed by atoms with E-state index in [1.807, 2.05) is 22.8 Å². The van der Waals surface area contributed by atoms with E-state index in [0.717, 1.165) is 11.1 Å². The molecule has 2 bridgehead atoms. The number of aliphatic hydroxyl groups is 1. The van der Waals surface area contributed by atoms with Gasteiger partial charge in [0.25, 0.3) is 0 Å². The predicted octanol–water partition coefficient (Wildman–Crippen LogP) is 1.57. The van der Waals surface area contributed by atoms with Crippen molar-refractivity contribution in [3.05, 3.63) is 48.3 Å². The molecule has 5 rings (SSSR count). The first-order valence-electron chi connectivity index (χ1n) is 10.1. The van der Waals surface area contributed by atoms with Gasteiger partial charge in [0.1, 0.15) is 17.9 Å². The maximum Gasteiger partial charge on any atom is 0.181 e. The van der Waals surface area contributed by atoms with Crippen LogP contribution < -0.4 is 14.8 Å². The number of nitrogens with one attached hydrogen (secondary N) is 1. The van der Waals surface area contributed by atoms with Gasteiger partial charge >= 0.3 is 0 Å². The standard InChI is InChI=1S/C22H25N3O6/c1-28-16-7-13-14(8-17(16)29-2)25(11-24-13)20-21(27)19(18-10-30-22(20)31-18)23-9-12-5-3-4-6-15(12)26/h3-8,11,18-23,26-27H,9-10H2,1-2H3/t18-,19-,20-,21+,22-/m1/s1. The minimum absolute atomic E-state index is 0.208. The molecule has 164 valence electrons. The highest BCUT2D eigenvalue weighted by Crippen LogP contribution is 2.39. The lowest BCUT2D eigenvalue weighted by Crippen LogP contribution is -2.57. The van der Waals surface area contributed by atoms with E-state index in [1.165, 1.54) is 0 Å². The quantitative estimate of drug-likeness (QED) is 0.544. The van der Waals surface area contributed by atoms with Crippen molar-refractivity contribution in [2.45, 2.75) is 37.1 Å². The smallest absolute Gasteiger partial charge is 0.181 e. The number of phenols is 1. The van der Waals surface area contributed by atoms with Crippen LogP contribution in [0.5, 0.6) is 17.2 Å². The molecule has 0 unspecified atom stereocenters. The molecule has 1 aromatic heterocycles. The molecular weight excluding hydrogens is 402 g/mol. The molecule has 3 aromatic rings. The predicted molar refractivity (Wildman–Crippen MR) is 111 cm³/mol. The summed E-state index contributed by atoms with van der Waals surface area (Å²) in [5.41, 5.74) is 2.24. The number of aromatic nitrogens is 2. The van der Waals surface area contributed by atoms with Crippen molar-refractivity contribution in [3.8, 4) is 17.2 Å². The molecule has 2 aliphatic heterocycles. The van der Waals surface area contributed by atoms with Gasteiger partial charge in [0.15, 0.2) is 17.8 Å². The van der Waals surface area contributed by atoms with Gasteiger partial charge in [-0.25, -0.2) is 4.98 Å². The molecule has 0 amide bonds. The molecule has 2 aliphatic rings. The lowest BCUT2D eigenvalue weighted by atomic mass is 9.95. The Morgan fingerprint density at radius 3 is 2.74 bits per heavy atom. The highest BCUT2D eigenvalue weighted by atomic mass is 16.7. The molecule has 5 atom stereocenters. The summed E-state index contributed by atoms with van der Waals surface area (Å²) >= 11 is 0. The van der Waals surface area contributed by atoms with E-state index in [1.54, 1.807) is 38.7 Å². The number of hydrogen-bond donors (Lipinski definition) is 3. The average molecular weight is 427 g/mol. The highest BCUT2D eigenvalue weighted by Gasteiger charge is 2.51. The van der Waals surface area contributed by atoms with Gasteiger partial charge in [0, 0.05) is 24.2 Å². The van der Waals surface area contributed by atoms with E-state index in [2.05, 4.69) is 10.3 Å². The second-order valence-corrected chi connectivity index (χ2v) is 7.74. The number of rotatable bonds is 6. The molecule has 0 spiro atoms. The molecule has 0 radical (unpaired) electrons. The minimum atomic E-state index is -0.803. The summed E-state index contributed by atoms with van der Waals surface area (Å²) in [5, 5.41) is 24.7. The van der Waals surface area contributed by atoms with Crippen LogP contribution in [-0.2, 0) is 16.0 Å². The fraction of sp³-hybridized carbons (Fsp3) is 0.409. The van der Waals surface area contributed by atoms with Crippen LogP contribution in [0.15, 0.2) is 42.7 Å². The zero-order valence-electron chi connectivity index (χ0n) is 17.3. The minimum Gasteiger partial charge on any atom is -0.508 e. The van der Waals surface area contributed by atoms with Crippen LogP contribution >= 0.6 is 0 Å². The number of ether oxygens (including phenoxy) is 4. The normalized spacial score (nSPS) is 27.5. The second-order valence-electron chi connectivity index (χ2n) is 7.74. The first-order valence-corrected chi connectivity index (χ1v) is 10.1. The van der Waals surface area contributed by atoms with Gasteiger partial charge in [0.2, 0.25) is 0 Å². The lowest BCUT2D eigenvalue weighted by molar-refractivity contribution is -0.164. The Morgan fingerprint density at radius 1 is 1.19 bits per heavy atom. The van der Waals surface area contributed by atoms with Crippen LogP contribution in [-0.4, -0.2) is 65.1 Å². The zero-order chi connectivity index (χ0) is 21.5. The van der Waals surface area contributed by atoms with Crippen LogP contribution in [0.4, 0.5) is 0 Å². The number of fused-ring (bicyclic) bond motifs is 3. The molecule has 2 aromatic carbocycles. The van der Waals surface area contributed by atoms with E-state index < -0.39 is 18.4 Å². The van der Waals surface area contributed by atoms with Crippen molar-refractivity contribution in [2.24, 2.45) is 0 Å². The summed E-state index contributed by atoms with van der Waals surface area (Å²) in [4.78, 5) is 4.48. The van der Waals surface area contributed by atoms with Crippen LogP contribution in [0, 0.1) is 0 Å². The van der Waals surface area contributed by atoms with Crippen LogP contribution in [0.3, 0.4) is 0 Å². The topological polar surface area (TPSA) is 107 Å². The third-order valence-corrected chi connectivity index (χ3v) is 6.05. The summed E-state index contributed by atoms with van der Waals surface area (Å²) in [5.74, 6) is 1.36. The Kier molecular flexibility index (Phi) is 5.19. The second kappa shape index (κ2) is 8.01. The van der Waals surface area contributed by atoms with E-state index in [4.69, 9.17) is 18.9 Å². The van der Waals surface area contributed by atoms with Crippen molar-refractivity contribution >= 4 is 11.0 Å². The molecule has 2 fully saturated rings. The Balaban J connectivity index is 1.46. The van der Waals surface area contributed by atoms with Gasteiger partial charge in [-0.2, -0.15) is 0 Å². The number of aliphatic hydroxyl groups excluding tert-OH is 1. The Labute approximate surface area is 179 Å². The average Bonchev–Trinajstić information content (AvgIpc) is 3.39. The number of methoxy groups -OCH3 is 2. The summed E-state index contributed by atoms with van der Waals surface area (Å²) in [6.07, 6.45) is -0.00844. The monoisotopic (exact) mass is 427 g/mol. The first kappa shape index (κ1) is 20.1. The zero-order valence-corrected chi connectivity index (χ0v) is 17.3. The number of phenolic OH excluding ortho intramolecular Hbond substituents is 1. The van der Waals surface area contributed by atoms with Crippen LogP contribution in [0.1, 0.15) is 11.6 Å². The molecule has 9 nitrogen and oxygen atoms in total. The van der Waals surface area contributed by atoms with E-state index in [9.17, 15) is 10.2 Å². The number of hydrogen-bond acceptors (Lipinski definition) is 8. The number of imidazole rings is 1. The summed E-state index contributed by atoms with van der Waals surface area (Å²) < 4.78 is 24.6. The van der Waals surface area contributed by atoms with Crippen LogP contribution in [0.2, 0.25) is 0 Å². The van der Waals surface area contributed by atoms with Gasteiger partial charge in [-0.3, -0.25) is 0 Å².